The summed E-state index contributed by atoms with van der Waals surface area (Å²) in [7, 11) is -5.09. The van der Waals surface area contributed by atoms with E-state index in [1.54, 1.807) is 48.5 Å². The number of benzene rings is 2. The fraction of sp³-hybridized carbons (Fsp3) is 0.390. The minimum atomic E-state index is -4.30. The normalized spacial score (nSPS) is 16.2. The quantitative estimate of drug-likeness (QED) is 0.0438. The molecule has 3 heterocycles. The predicted octanol–water partition coefficient (Wildman–Crippen LogP) is 4.65. The lowest BCUT2D eigenvalue weighted by Gasteiger charge is -2.35. The van der Waals surface area contributed by atoms with Crippen molar-refractivity contribution in [1.82, 2.24) is 15.2 Å². The van der Waals surface area contributed by atoms with Gasteiger partial charge in [-0.1, -0.05) is 29.8 Å². The second kappa shape index (κ2) is 22.2. The Hall–Kier alpha value is -4.46. The Labute approximate surface area is 382 Å². The highest BCUT2D eigenvalue weighted by Gasteiger charge is 2.45. The van der Waals surface area contributed by atoms with Crippen LogP contribution in [0.4, 0.5) is 5.69 Å². The van der Waals surface area contributed by atoms with Crippen LogP contribution < -0.4 is 20.9 Å². The Morgan fingerprint density at radius 2 is 1.59 bits per heavy atom. The van der Waals surface area contributed by atoms with Gasteiger partial charge in [0.15, 0.2) is 0 Å². The molecular formula is C41H49ClN4O14S4. The topological polar surface area (TPSA) is 282 Å². The van der Waals surface area contributed by atoms with Crippen LogP contribution in [0.25, 0.3) is 10.9 Å². The molecule has 1 aliphatic carbocycles. The van der Waals surface area contributed by atoms with Crippen molar-refractivity contribution in [3.63, 3.8) is 0 Å². The smallest absolute Gasteiger partial charge is 0.349 e. The average molecular weight is 986 g/mol. The number of nitrogens with zero attached hydrogens (tertiary/aromatic N) is 1. The molecule has 5 aromatic rings. The zero-order valence-corrected chi connectivity index (χ0v) is 38.6. The van der Waals surface area contributed by atoms with E-state index in [9.17, 15) is 46.5 Å². The van der Waals surface area contributed by atoms with E-state index in [-0.39, 0.29) is 47.8 Å². The number of aromatic amines is 1. The number of halogens is 1. The molecule has 8 N–H and O–H groups in total. The van der Waals surface area contributed by atoms with Gasteiger partial charge < -0.3 is 45.3 Å². The zero-order valence-electron chi connectivity index (χ0n) is 34.6. The molecule has 3 aromatic heterocycles. The van der Waals surface area contributed by atoms with Crippen LogP contribution >= 0.6 is 34.3 Å². The summed E-state index contributed by atoms with van der Waals surface area (Å²) < 4.78 is 66.9. The van der Waals surface area contributed by atoms with Crippen LogP contribution in [0.1, 0.15) is 59.1 Å². The molecule has 348 valence electrons. The van der Waals surface area contributed by atoms with Gasteiger partial charge in [-0.15, -0.1) is 22.7 Å². The first-order chi connectivity index (χ1) is 30.2. The van der Waals surface area contributed by atoms with E-state index in [1.165, 1.54) is 41.9 Å². The molecular weight excluding hydrogens is 936 g/mol. The van der Waals surface area contributed by atoms with Crippen molar-refractivity contribution in [1.29, 1.82) is 0 Å². The largest absolute Gasteiger partial charge is 0.506 e. The number of H-pyrrole nitrogens is 1. The monoisotopic (exact) mass is 984 g/mol. The Morgan fingerprint density at radius 1 is 0.969 bits per heavy atom. The minimum absolute atomic E-state index is 0.0829. The number of ether oxygens (including phenoxy) is 2. The van der Waals surface area contributed by atoms with Crippen molar-refractivity contribution >= 4 is 83.0 Å². The van der Waals surface area contributed by atoms with E-state index in [0.717, 1.165) is 18.4 Å². The number of carbonyl (C=O) groups excluding carboxylic acids is 2. The van der Waals surface area contributed by atoms with Gasteiger partial charge >= 0.3 is 5.97 Å². The van der Waals surface area contributed by atoms with Crippen LogP contribution in [-0.2, 0) is 46.7 Å². The van der Waals surface area contributed by atoms with Gasteiger partial charge in [0.05, 0.1) is 50.7 Å². The summed E-state index contributed by atoms with van der Waals surface area (Å²) >= 11 is 9.23. The summed E-state index contributed by atoms with van der Waals surface area (Å²) in [5, 5.41) is 43.2. The van der Waals surface area contributed by atoms with Gasteiger partial charge in [0.2, 0.25) is 17.1 Å². The minimum Gasteiger partial charge on any atom is -0.506 e. The number of aromatic hydroxyl groups is 1. The molecule has 0 bridgehead atoms. The van der Waals surface area contributed by atoms with Crippen molar-refractivity contribution in [2.75, 3.05) is 44.1 Å². The molecule has 6 rings (SSSR count). The first kappa shape index (κ1) is 50.5. The van der Waals surface area contributed by atoms with E-state index in [0.29, 0.717) is 63.1 Å². The highest BCUT2D eigenvalue weighted by atomic mass is 35.5. The third kappa shape index (κ3) is 13.8. The van der Waals surface area contributed by atoms with E-state index >= 15 is 0 Å². The van der Waals surface area contributed by atoms with Crippen molar-refractivity contribution < 1.29 is 60.3 Å². The fourth-order valence-electron chi connectivity index (χ4n) is 7.04. The molecule has 64 heavy (non-hydrogen) atoms. The Morgan fingerprint density at radius 3 is 2.16 bits per heavy atom. The molecule has 0 saturated heterocycles. The molecule has 1 atom stereocenters. The van der Waals surface area contributed by atoms with Crippen molar-refractivity contribution in [3.05, 3.63) is 108 Å². The van der Waals surface area contributed by atoms with Gasteiger partial charge in [0.25, 0.3) is 20.2 Å². The zero-order chi connectivity index (χ0) is 46.8. The number of aliphatic hydroxyl groups excluding tert-OH is 1. The first-order valence-electron chi connectivity index (χ1n) is 19.7. The Balaban J connectivity index is 0.000000688. The van der Waals surface area contributed by atoms with Crippen LogP contribution in [0.3, 0.4) is 0 Å². The van der Waals surface area contributed by atoms with Crippen LogP contribution in [0.15, 0.2) is 76.2 Å². The molecule has 0 spiro atoms. The van der Waals surface area contributed by atoms with E-state index in [2.05, 4.69) is 20.5 Å². The number of carbonyl (C=O) groups is 2. The number of hydrogen-bond donors (Lipinski definition) is 8. The standard InChI is InChI=1S/C39H43ClN4O8S2.C2H6O6S2/c1-44(24-7-9-25(10-8-24)52-38(49)39(50,33-5-3-17-53-33)34-6-4-18-54-34)16-15-36(48)42-29-20-32(51-2)23(19-28(29)40)21-41-22-31(46)26-11-13-30(45)37-27(26)12-14-35(47)43-37;3-9(4,5)1-2-10(6,7)8/h3-6,11-14,17-20,24-25,31,41,45-46,50H,7-10,15-16,21-22H2,1-2H3,(H,42,48)(H,43,47);1-2H2,(H,3,4,5)(H,6,7,8)/t24?,25?,31-;/m0./s1. The number of aliphatic hydroxyl groups is 2. The number of nitrogens with one attached hydrogen (secondary N) is 3. The highest BCUT2D eigenvalue weighted by molar-refractivity contribution is 7.89. The maximum Gasteiger partial charge on any atom is 0.349 e. The lowest BCUT2D eigenvalue weighted by molar-refractivity contribution is -0.169. The van der Waals surface area contributed by atoms with E-state index < -0.39 is 49.4 Å². The number of pyridine rings is 1. The number of phenols is 1. The van der Waals surface area contributed by atoms with Gasteiger partial charge in [0, 0.05) is 55.2 Å². The number of methoxy groups -OCH3 is 1. The van der Waals surface area contributed by atoms with Crippen LogP contribution in [0.5, 0.6) is 11.5 Å². The fourth-order valence-corrected chi connectivity index (χ4v) is 10.7. The SMILES string of the molecule is COc1cc(NC(=O)CCN(C)C2CCC(OC(=O)C(O)(c3cccs3)c3cccs3)CC2)c(Cl)cc1CNC[C@H](O)c1ccc(O)c2[nH]c(=O)ccc12.O=S(=O)(O)CCS(=O)(=O)O. The summed E-state index contributed by atoms with van der Waals surface area (Å²) in [5.74, 6) is -2.40. The number of esters is 1. The summed E-state index contributed by atoms with van der Waals surface area (Å²) in [4.78, 5) is 43.9. The average Bonchev–Trinajstić information content (AvgIpc) is 4.00. The highest BCUT2D eigenvalue weighted by Crippen LogP contribution is 2.38. The number of thiophene rings is 2. The molecule has 23 heteroatoms. The molecule has 1 fully saturated rings. The van der Waals surface area contributed by atoms with Crippen LogP contribution in [0, 0.1) is 0 Å². The maximum absolute atomic E-state index is 13.4. The van der Waals surface area contributed by atoms with Gasteiger partial charge in [-0.25, -0.2) is 4.79 Å². The van der Waals surface area contributed by atoms with E-state index in [4.69, 9.17) is 30.2 Å². The molecule has 18 nitrogen and oxygen atoms in total. The first-order valence-corrected chi connectivity index (χ1v) is 25.1. The molecule has 2 aromatic carbocycles. The lowest BCUT2D eigenvalue weighted by Crippen LogP contribution is -2.42. The summed E-state index contributed by atoms with van der Waals surface area (Å²) in [6.07, 6.45) is 1.88. The van der Waals surface area contributed by atoms with Crippen LogP contribution in [0.2, 0.25) is 5.02 Å². The third-order valence-electron chi connectivity index (χ3n) is 10.4. The Bertz CT molecular complexity index is 2590. The second-order valence-corrected chi connectivity index (χ2v) is 20.4. The number of aromatic nitrogens is 1. The van der Waals surface area contributed by atoms with Crippen molar-refractivity contribution in [2.24, 2.45) is 0 Å². The molecule has 0 unspecified atom stereocenters. The number of fused-ring (bicyclic) bond motifs is 1. The summed E-state index contributed by atoms with van der Waals surface area (Å²) in [6.45, 7) is 0.980. The predicted molar refractivity (Wildman–Crippen MR) is 243 cm³/mol. The second-order valence-electron chi connectivity index (χ2n) is 14.9. The number of amides is 1. The van der Waals surface area contributed by atoms with Gasteiger partial charge in [-0.2, -0.15) is 16.8 Å². The number of anilines is 1. The van der Waals surface area contributed by atoms with Crippen molar-refractivity contribution in [3.8, 4) is 11.5 Å². The summed E-state index contributed by atoms with van der Waals surface area (Å²) in [5.41, 5.74) is -0.241. The molecule has 0 aliphatic heterocycles. The van der Waals surface area contributed by atoms with Gasteiger partial charge in [0.1, 0.15) is 17.6 Å². The lowest BCUT2D eigenvalue weighted by atomic mass is 9.91. The van der Waals surface area contributed by atoms with Crippen molar-refractivity contribution in [2.45, 2.75) is 62.5 Å². The van der Waals surface area contributed by atoms with Gasteiger partial charge in [-0.3, -0.25) is 18.7 Å². The van der Waals surface area contributed by atoms with E-state index in [1.807, 2.05) is 17.8 Å². The van der Waals surface area contributed by atoms with Gasteiger partial charge in [-0.05, 0) is 79.4 Å². The van der Waals surface area contributed by atoms with Crippen LogP contribution in [-0.4, -0.2) is 114 Å². The molecule has 1 saturated carbocycles. The number of rotatable bonds is 18. The number of phenolic OH excluding ortho intramolecular Hbond substituents is 1. The molecule has 1 aliphatic rings. The third-order valence-corrected chi connectivity index (χ3v) is 14.4. The summed E-state index contributed by atoms with van der Waals surface area (Å²) in [6, 6.07) is 16.6. The molecule has 1 amide bonds. The number of hydrogen-bond acceptors (Lipinski definition) is 16. The maximum atomic E-state index is 13.4. The molecule has 0 radical (unpaired) electrons. The Kier molecular flexibility index (Phi) is 17.5.